The number of carbonyl (C=O) groups excluding carboxylic acids is 2. The highest BCUT2D eigenvalue weighted by atomic mass is 16.8. The highest BCUT2D eigenvalue weighted by molar-refractivity contribution is 5.78. The molecule has 0 aromatic carbocycles. The van der Waals surface area contributed by atoms with Crippen molar-refractivity contribution in [2.75, 3.05) is 19.8 Å². The quantitative estimate of drug-likeness (QED) is 0.0641. The van der Waals surface area contributed by atoms with Crippen molar-refractivity contribution in [3.63, 3.8) is 0 Å². The second-order valence-corrected chi connectivity index (χ2v) is 26.1. The van der Waals surface area contributed by atoms with E-state index in [1.54, 1.807) is 6.92 Å². The standard InChI is InChI=1S/C55H86O24/c1-22-34(58)37(61)41(65)48(73-22)78-44-28(19-56)75-46(43(67)39(44)63)71-21-30-35(59)38(62)42(66)49(76-30)79-45(68)26-18-52(5,50(69)70)17-25-24(26)11-15-54(7)27(25)9-10-32-53(6)14-13-33(51(3,4)31(53)12-16-55(32,54)8)77-47-40(64)36(60)29(20-72-47)74-23(2)57/h9,22,24-26,28-44,46-49,56,58-67H,10-21H2,1-8H3,(H,69,70)/t22-,24?,25?,26?,28-,29+,30-,31?,32?,33?,34+,35-,36-,37-,38-,39+,40-,41-,42-,43-,44-,46-,47+,48+,49+,52?,53?,54?,55?/m1/s1. The van der Waals surface area contributed by atoms with E-state index < -0.39 is 159 Å². The van der Waals surface area contributed by atoms with Gasteiger partial charge in [0.05, 0.1) is 43.4 Å². The molecule has 4 saturated carbocycles. The van der Waals surface area contributed by atoms with Crippen molar-refractivity contribution >= 4 is 17.9 Å². The van der Waals surface area contributed by atoms with Gasteiger partial charge in [-0.1, -0.05) is 46.3 Å². The third kappa shape index (κ3) is 10.4. The SMILES string of the molecule is CC(=O)O[C@H]1CO[C@@H](OC2CCC3(C)C(CCC4(C)C3CC=C3C5CC(C)(C(=O)O)CC(C(=O)O[C@@H]6O[C@H](CO[C@@H]7O[C@H](CO)[C@@H](O[C@@H]8O[C@H](C)[C@H](O)[C@@H](O)[C@H]8O)[C@@H](O)[C@H]7O)[C@@H](O)[C@@H](O)[C@H]6O)C5CCC34C)C2(C)C)[C@H](O)[C@@H]1O. The van der Waals surface area contributed by atoms with Gasteiger partial charge in [0.2, 0.25) is 6.29 Å². The van der Waals surface area contributed by atoms with E-state index in [2.05, 4.69) is 40.7 Å². The molecule has 9 aliphatic rings. The Morgan fingerprint density at radius 2 is 1.30 bits per heavy atom. The summed E-state index contributed by atoms with van der Waals surface area (Å²) in [6.07, 6.45) is -22.8. The van der Waals surface area contributed by atoms with Crippen LogP contribution in [0.1, 0.15) is 113 Å². The number of carboxylic acids is 1. The molecule has 29 atom stereocenters. The number of hydrogen-bond acceptors (Lipinski definition) is 23. The molecule has 9 rings (SSSR count). The van der Waals surface area contributed by atoms with Gasteiger partial charge in [-0.25, -0.2) is 0 Å². The molecule has 24 heteroatoms. The van der Waals surface area contributed by atoms with E-state index in [1.165, 1.54) is 13.8 Å². The number of esters is 2. The molecule has 10 unspecified atom stereocenters. The number of carbonyl (C=O) groups is 3. The molecule has 450 valence electrons. The van der Waals surface area contributed by atoms with Gasteiger partial charge in [0, 0.05) is 6.92 Å². The lowest BCUT2D eigenvalue weighted by molar-refractivity contribution is -0.361. The molecule has 12 N–H and O–H groups in total. The largest absolute Gasteiger partial charge is 0.481 e. The van der Waals surface area contributed by atoms with Crippen molar-refractivity contribution in [1.29, 1.82) is 0 Å². The summed E-state index contributed by atoms with van der Waals surface area (Å²) in [5.41, 5.74) is -1.38. The van der Waals surface area contributed by atoms with Crippen LogP contribution in [-0.4, -0.2) is 222 Å². The van der Waals surface area contributed by atoms with Crippen LogP contribution >= 0.6 is 0 Å². The first-order chi connectivity index (χ1) is 36.9. The van der Waals surface area contributed by atoms with Gasteiger partial charge in [0.15, 0.2) is 25.0 Å². The van der Waals surface area contributed by atoms with Gasteiger partial charge >= 0.3 is 17.9 Å². The molecule has 24 nitrogen and oxygen atoms in total. The normalized spacial score (nSPS) is 52.5. The van der Waals surface area contributed by atoms with E-state index in [-0.39, 0.29) is 70.9 Å². The molecule has 8 fully saturated rings. The fourth-order valence-corrected chi connectivity index (χ4v) is 16.6. The third-order valence-electron chi connectivity index (χ3n) is 21.3. The molecule has 0 radical (unpaired) electrons. The average Bonchev–Trinajstić information content (AvgIpc) is 3.00. The molecule has 0 amide bonds. The summed E-state index contributed by atoms with van der Waals surface area (Å²) in [6.45, 7) is 14.1. The van der Waals surface area contributed by atoms with E-state index in [1.807, 2.05) is 0 Å². The fourth-order valence-electron chi connectivity index (χ4n) is 16.6. The monoisotopic (exact) mass is 1130 g/mol. The van der Waals surface area contributed by atoms with Gasteiger partial charge in [-0.15, -0.1) is 0 Å². The Kier molecular flexibility index (Phi) is 17.3. The summed E-state index contributed by atoms with van der Waals surface area (Å²) < 4.78 is 51.9. The van der Waals surface area contributed by atoms with Crippen molar-refractivity contribution in [3.8, 4) is 0 Å². The molecule has 4 aliphatic heterocycles. The molecular weight excluding hydrogens is 1040 g/mol. The second-order valence-electron chi connectivity index (χ2n) is 26.1. The lowest BCUT2D eigenvalue weighted by Crippen LogP contribution is -2.65. The molecule has 5 aliphatic carbocycles. The summed E-state index contributed by atoms with van der Waals surface area (Å²) in [4.78, 5) is 39.6. The minimum absolute atomic E-state index is 0.0805. The first kappa shape index (κ1) is 61.0. The first-order valence-electron chi connectivity index (χ1n) is 28.2. The van der Waals surface area contributed by atoms with E-state index in [0.29, 0.717) is 19.3 Å². The summed E-state index contributed by atoms with van der Waals surface area (Å²) >= 11 is 0. The Hall–Kier alpha value is -2.57. The predicted molar refractivity (Wildman–Crippen MR) is 267 cm³/mol. The van der Waals surface area contributed by atoms with Crippen molar-refractivity contribution < 1.29 is 118 Å². The molecule has 4 heterocycles. The minimum Gasteiger partial charge on any atom is -0.481 e. The number of hydrogen-bond donors (Lipinski definition) is 12. The van der Waals surface area contributed by atoms with Crippen molar-refractivity contribution in [2.45, 2.75) is 236 Å². The van der Waals surface area contributed by atoms with Gasteiger partial charge in [0.1, 0.15) is 79.4 Å². The molecular formula is C55H86O24. The number of ether oxygens (including phenoxy) is 9. The van der Waals surface area contributed by atoms with Crippen LogP contribution in [0.15, 0.2) is 11.6 Å². The Balaban J connectivity index is 0.875. The van der Waals surface area contributed by atoms with Gasteiger partial charge in [0.25, 0.3) is 0 Å². The predicted octanol–water partition coefficient (Wildman–Crippen LogP) is -0.877. The van der Waals surface area contributed by atoms with E-state index in [0.717, 1.165) is 31.3 Å². The molecule has 0 bridgehead atoms. The Bertz CT molecular complexity index is 2250. The summed E-state index contributed by atoms with van der Waals surface area (Å²) in [5, 5.41) is 129. The van der Waals surface area contributed by atoms with Crippen LogP contribution in [0.5, 0.6) is 0 Å². The van der Waals surface area contributed by atoms with Gasteiger partial charge in [-0.3, -0.25) is 14.4 Å². The number of allylic oxidation sites excluding steroid dienone is 2. The lowest BCUT2D eigenvalue weighted by Gasteiger charge is -2.71. The number of carboxylic acid groups (broad SMARTS) is 1. The van der Waals surface area contributed by atoms with Crippen LogP contribution < -0.4 is 0 Å². The molecule has 4 saturated heterocycles. The number of rotatable bonds is 12. The van der Waals surface area contributed by atoms with Crippen LogP contribution in [0.4, 0.5) is 0 Å². The molecule has 0 aromatic heterocycles. The third-order valence-corrected chi connectivity index (χ3v) is 21.3. The van der Waals surface area contributed by atoms with E-state index >= 15 is 0 Å². The zero-order chi connectivity index (χ0) is 57.8. The van der Waals surface area contributed by atoms with Crippen molar-refractivity contribution in [1.82, 2.24) is 0 Å². The van der Waals surface area contributed by atoms with E-state index in [9.17, 15) is 75.7 Å². The van der Waals surface area contributed by atoms with Gasteiger partial charge in [-0.05, 0) is 117 Å². The van der Waals surface area contributed by atoms with Gasteiger partial charge < -0.3 is 104 Å². The van der Waals surface area contributed by atoms with E-state index in [4.69, 9.17) is 42.6 Å². The smallest absolute Gasteiger partial charge is 0.311 e. The first-order valence-corrected chi connectivity index (χ1v) is 28.2. The maximum absolute atomic E-state index is 14.7. The summed E-state index contributed by atoms with van der Waals surface area (Å²) in [7, 11) is 0. The van der Waals surface area contributed by atoms with Crippen LogP contribution in [0.2, 0.25) is 0 Å². The zero-order valence-corrected chi connectivity index (χ0v) is 46.3. The number of fused-ring (bicyclic) bond motifs is 7. The minimum atomic E-state index is -1.97. The summed E-state index contributed by atoms with van der Waals surface area (Å²) in [5.74, 6) is -3.77. The zero-order valence-electron chi connectivity index (χ0n) is 46.3. The lowest BCUT2D eigenvalue weighted by atomic mass is 9.34. The maximum atomic E-state index is 14.7. The van der Waals surface area contributed by atoms with Crippen molar-refractivity contribution in [3.05, 3.63) is 11.6 Å². The number of aliphatic carboxylic acids is 1. The second kappa shape index (κ2) is 22.5. The number of aliphatic hydroxyl groups excluding tert-OH is 11. The molecule has 79 heavy (non-hydrogen) atoms. The van der Waals surface area contributed by atoms with Crippen LogP contribution in [0.3, 0.4) is 0 Å². The van der Waals surface area contributed by atoms with Gasteiger partial charge in [-0.2, -0.15) is 0 Å². The fraction of sp³-hybridized carbons (Fsp3) is 0.909. The van der Waals surface area contributed by atoms with Crippen LogP contribution in [0, 0.1) is 56.7 Å². The maximum Gasteiger partial charge on any atom is 0.311 e. The Morgan fingerprint density at radius 1 is 0.658 bits per heavy atom. The Labute approximate surface area is 459 Å². The molecule has 0 aromatic rings. The highest BCUT2D eigenvalue weighted by Crippen LogP contribution is 2.75. The topological polar surface area (TPSA) is 377 Å². The average molecular weight is 1130 g/mol. The highest BCUT2D eigenvalue weighted by Gasteiger charge is 2.69. The summed E-state index contributed by atoms with van der Waals surface area (Å²) in [6, 6.07) is 0. The number of aliphatic hydroxyl groups is 11. The van der Waals surface area contributed by atoms with Crippen LogP contribution in [0.25, 0.3) is 0 Å². The Morgan fingerprint density at radius 3 is 1.97 bits per heavy atom. The molecule has 0 spiro atoms. The van der Waals surface area contributed by atoms with Crippen LogP contribution in [-0.2, 0) is 57.0 Å². The van der Waals surface area contributed by atoms with Crippen molar-refractivity contribution in [2.24, 2.45) is 56.7 Å².